The van der Waals surface area contributed by atoms with Crippen molar-refractivity contribution in [2.24, 2.45) is 0 Å². The van der Waals surface area contributed by atoms with Gasteiger partial charge in [0.25, 0.3) is 0 Å². The van der Waals surface area contributed by atoms with Gasteiger partial charge in [-0.25, -0.2) is 0 Å². The maximum Gasteiger partial charge on any atom is 0.168 e. The summed E-state index contributed by atoms with van der Waals surface area (Å²) >= 11 is 0. The predicted octanol–water partition coefficient (Wildman–Crippen LogP) is 4.88. The van der Waals surface area contributed by atoms with E-state index in [1.807, 2.05) is 0 Å². The Morgan fingerprint density at radius 2 is 1.90 bits per heavy atom. The third-order valence-electron chi connectivity index (χ3n) is 3.90. The lowest BCUT2D eigenvalue weighted by molar-refractivity contribution is 0.0423. The van der Waals surface area contributed by atoms with Crippen molar-refractivity contribution in [3.8, 4) is 11.8 Å². The molecule has 1 aliphatic rings. The molecule has 0 amide bonds. The van der Waals surface area contributed by atoms with Gasteiger partial charge in [-0.3, -0.25) is 0 Å². The second-order valence-corrected chi connectivity index (χ2v) is 5.48. The van der Waals surface area contributed by atoms with Crippen LogP contribution in [0, 0.1) is 11.8 Å². The van der Waals surface area contributed by atoms with Crippen molar-refractivity contribution in [1.29, 1.82) is 0 Å². The molecule has 2 rings (SSSR count). The van der Waals surface area contributed by atoms with Crippen LogP contribution in [0.5, 0.6) is 0 Å². The van der Waals surface area contributed by atoms with Crippen LogP contribution in [0.15, 0.2) is 43.2 Å². The zero-order valence-corrected chi connectivity index (χ0v) is 12.2. The maximum atomic E-state index is 5.73. The number of benzene rings is 1. The molecule has 1 aromatic rings. The molecule has 1 saturated carbocycles. The molecule has 0 aromatic heterocycles. The number of unbranched alkanes of at least 4 members (excludes halogenated alkanes) is 1. The van der Waals surface area contributed by atoms with Crippen LogP contribution in [0.4, 0.5) is 0 Å². The lowest BCUT2D eigenvalue weighted by Crippen LogP contribution is -2.31. The third kappa shape index (κ3) is 4.46. The second-order valence-electron chi connectivity index (χ2n) is 5.48. The summed E-state index contributed by atoms with van der Waals surface area (Å²) in [7, 11) is 0. The van der Waals surface area contributed by atoms with Gasteiger partial charge in [-0.1, -0.05) is 55.2 Å². The topological polar surface area (TPSA) is 9.23 Å². The zero-order chi connectivity index (χ0) is 14.1. The molecule has 0 atom stereocenters. The first-order valence-corrected chi connectivity index (χ1v) is 7.67. The molecule has 0 bridgehead atoms. The summed E-state index contributed by atoms with van der Waals surface area (Å²) in [5.41, 5.74) is 1.15. The summed E-state index contributed by atoms with van der Waals surface area (Å²) in [4.78, 5) is 0. The Morgan fingerprint density at radius 1 is 1.15 bits per heavy atom. The van der Waals surface area contributed by atoms with E-state index in [0.717, 1.165) is 32.1 Å². The smallest absolute Gasteiger partial charge is 0.168 e. The van der Waals surface area contributed by atoms with Crippen molar-refractivity contribution < 1.29 is 4.74 Å². The quantitative estimate of drug-likeness (QED) is 0.420. The van der Waals surface area contributed by atoms with Gasteiger partial charge in [0.2, 0.25) is 0 Å². The summed E-state index contributed by atoms with van der Waals surface area (Å²) in [6.45, 7) is 3.69. The Morgan fingerprint density at radius 3 is 2.60 bits per heavy atom. The van der Waals surface area contributed by atoms with E-state index < -0.39 is 0 Å². The van der Waals surface area contributed by atoms with E-state index in [0.29, 0.717) is 0 Å². The lowest BCUT2D eigenvalue weighted by Gasteiger charge is -2.31. The molecule has 1 nitrogen and oxygen atoms in total. The van der Waals surface area contributed by atoms with Crippen LogP contribution in [0.3, 0.4) is 0 Å². The monoisotopic (exact) mass is 268 g/mol. The summed E-state index contributed by atoms with van der Waals surface area (Å²) in [5.74, 6) is 6.71. The van der Waals surface area contributed by atoms with E-state index in [1.165, 1.54) is 24.8 Å². The molecule has 0 aliphatic heterocycles. The molecule has 1 fully saturated rings. The van der Waals surface area contributed by atoms with Gasteiger partial charge < -0.3 is 4.74 Å². The Balaban J connectivity index is 1.81. The van der Waals surface area contributed by atoms with Gasteiger partial charge in [-0.15, -0.1) is 0 Å². The van der Waals surface area contributed by atoms with Crippen molar-refractivity contribution in [2.45, 2.75) is 57.0 Å². The molecule has 0 spiro atoms. The molecule has 106 valence electrons. The Bertz CT molecular complexity index is 458. The lowest BCUT2D eigenvalue weighted by atomic mass is 9.85. The molecule has 20 heavy (non-hydrogen) atoms. The number of aryl methyl sites for hydroxylation is 1. The van der Waals surface area contributed by atoms with E-state index in [4.69, 9.17) is 4.74 Å². The third-order valence-corrected chi connectivity index (χ3v) is 3.90. The highest BCUT2D eigenvalue weighted by atomic mass is 16.5. The highest BCUT2D eigenvalue weighted by Crippen LogP contribution is 2.31. The summed E-state index contributed by atoms with van der Waals surface area (Å²) in [6, 6.07) is 10.6. The van der Waals surface area contributed by atoms with Crippen LogP contribution >= 0.6 is 0 Å². The molecule has 0 radical (unpaired) electrons. The van der Waals surface area contributed by atoms with Crippen LogP contribution in [0.1, 0.15) is 50.5 Å². The average molecular weight is 268 g/mol. The highest BCUT2D eigenvalue weighted by molar-refractivity contribution is 5.17. The van der Waals surface area contributed by atoms with E-state index in [1.54, 1.807) is 6.26 Å². The molecule has 0 unspecified atom stereocenters. The summed E-state index contributed by atoms with van der Waals surface area (Å²) in [6.07, 6.45) is 10.5. The van der Waals surface area contributed by atoms with Gasteiger partial charge in [0.1, 0.15) is 0 Å². The maximum absolute atomic E-state index is 5.73. The van der Waals surface area contributed by atoms with Crippen molar-refractivity contribution in [3.63, 3.8) is 0 Å². The fraction of sp³-hybridized carbons (Fsp3) is 0.474. The first-order valence-electron chi connectivity index (χ1n) is 7.67. The van der Waals surface area contributed by atoms with Crippen LogP contribution in [-0.2, 0) is 11.2 Å². The van der Waals surface area contributed by atoms with Crippen molar-refractivity contribution in [1.82, 2.24) is 0 Å². The van der Waals surface area contributed by atoms with Crippen LogP contribution in [0.2, 0.25) is 0 Å². The van der Waals surface area contributed by atoms with Gasteiger partial charge in [-0.2, -0.15) is 0 Å². The predicted molar refractivity (Wildman–Crippen MR) is 84.3 cm³/mol. The Hall–Kier alpha value is -1.68. The van der Waals surface area contributed by atoms with Gasteiger partial charge in [0, 0.05) is 6.42 Å². The molecule has 0 N–H and O–H groups in total. The normalized spacial score (nSPS) is 16.8. The standard InChI is InChI=1S/C19H24O/c1-2-20-19(16-10-5-11-17-19)15-9-4-8-14-18-12-6-3-7-13-18/h2-3,6-7,12-13H,1,4-5,8,10-11,14,16-17H2. The largest absolute Gasteiger partial charge is 0.483 e. The molecular weight excluding hydrogens is 244 g/mol. The van der Waals surface area contributed by atoms with Crippen molar-refractivity contribution in [2.75, 3.05) is 0 Å². The van der Waals surface area contributed by atoms with E-state index in [2.05, 4.69) is 48.8 Å². The fourth-order valence-electron chi connectivity index (χ4n) is 2.80. The number of ether oxygens (including phenoxy) is 1. The minimum absolute atomic E-state index is 0.243. The van der Waals surface area contributed by atoms with Crippen molar-refractivity contribution in [3.05, 3.63) is 48.7 Å². The van der Waals surface area contributed by atoms with Gasteiger partial charge >= 0.3 is 0 Å². The fourth-order valence-corrected chi connectivity index (χ4v) is 2.80. The van der Waals surface area contributed by atoms with E-state index in [9.17, 15) is 0 Å². The van der Waals surface area contributed by atoms with Crippen LogP contribution in [-0.4, -0.2) is 5.60 Å². The molecule has 1 aromatic carbocycles. The first-order chi connectivity index (χ1) is 9.85. The summed E-state index contributed by atoms with van der Waals surface area (Å²) in [5, 5.41) is 0. The van der Waals surface area contributed by atoms with E-state index >= 15 is 0 Å². The van der Waals surface area contributed by atoms with E-state index in [-0.39, 0.29) is 5.60 Å². The van der Waals surface area contributed by atoms with Crippen LogP contribution < -0.4 is 0 Å². The SMILES string of the molecule is C=COC1(C#CCCCc2ccccc2)CCCCC1. The minimum atomic E-state index is -0.243. The molecule has 0 saturated heterocycles. The molecule has 0 heterocycles. The zero-order valence-electron chi connectivity index (χ0n) is 12.2. The molecular formula is C19H24O. The van der Waals surface area contributed by atoms with Crippen LogP contribution in [0.25, 0.3) is 0 Å². The molecule has 1 heteroatoms. The Kier molecular flexibility index (Phi) is 5.74. The van der Waals surface area contributed by atoms with Gasteiger partial charge in [0.05, 0.1) is 6.26 Å². The summed E-state index contributed by atoms with van der Waals surface area (Å²) < 4.78 is 5.73. The average Bonchev–Trinajstić information content (AvgIpc) is 2.49. The number of hydrogen-bond donors (Lipinski definition) is 0. The highest BCUT2D eigenvalue weighted by Gasteiger charge is 2.30. The van der Waals surface area contributed by atoms with Gasteiger partial charge in [0.15, 0.2) is 5.60 Å². The minimum Gasteiger partial charge on any atom is -0.483 e. The van der Waals surface area contributed by atoms with Crippen molar-refractivity contribution >= 4 is 0 Å². The second kappa shape index (κ2) is 7.80. The number of rotatable bonds is 5. The molecule has 1 aliphatic carbocycles. The Labute approximate surface area is 123 Å². The first kappa shape index (κ1) is 14.7. The van der Waals surface area contributed by atoms with Gasteiger partial charge in [-0.05, 0) is 44.1 Å². The number of hydrogen-bond acceptors (Lipinski definition) is 1.